The van der Waals surface area contributed by atoms with Gasteiger partial charge in [0.15, 0.2) is 6.61 Å². The van der Waals surface area contributed by atoms with Crippen molar-refractivity contribution in [2.45, 2.75) is 4.90 Å². The van der Waals surface area contributed by atoms with Gasteiger partial charge in [0.05, 0.1) is 23.4 Å². The van der Waals surface area contributed by atoms with Gasteiger partial charge in [-0.25, -0.2) is 12.8 Å². The van der Waals surface area contributed by atoms with Crippen molar-refractivity contribution in [2.75, 3.05) is 49.5 Å². The van der Waals surface area contributed by atoms with E-state index in [0.717, 1.165) is 0 Å². The Balaban J connectivity index is 1.29. The van der Waals surface area contributed by atoms with Gasteiger partial charge in [-0.1, -0.05) is 18.2 Å². The number of benzene rings is 3. The lowest BCUT2D eigenvalue weighted by atomic mass is 10.2. The van der Waals surface area contributed by atoms with Gasteiger partial charge in [0.1, 0.15) is 17.3 Å². The normalized spacial score (nSPS) is 13.9. The molecule has 0 atom stereocenters. The average molecular weight is 500 g/mol. The summed E-state index contributed by atoms with van der Waals surface area (Å²) >= 11 is 0. The molecule has 0 aliphatic carbocycles. The van der Waals surface area contributed by atoms with Crippen molar-refractivity contribution in [1.82, 2.24) is 4.90 Å². The molecule has 8 nitrogen and oxygen atoms in total. The van der Waals surface area contributed by atoms with E-state index in [1.807, 2.05) is 4.90 Å². The van der Waals surface area contributed by atoms with E-state index in [9.17, 15) is 17.6 Å². The van der Waals surface area contributed by atoms with Crippen molar-refractivity contribution < 1.29 is 27.1 Å². The Morgan fingerprint density at radius 1 is 0.943 bits per heavy atom. The third kappa shape index (κ3) is 6.02. The molecule has 0 unspecified atom stereocenters. The van der Waals surface area contributed by atoms with Gasteiger partial charge in [0.2, 0.25) is 0 Å². The molecule has 184 valence electrons. The van der Waals surface area contributed by atoms with Gasteiger partial charge in [-0.3, -0.25) is 9.52 Å². The van der Waals surface area contributed by atoms with E-state index in [0.29, 0.717) is 49.1 Å². The van der Waals surface area contributed by atoms with Crippen LogP contribution in [-0.2, 0) is 14.8 Å². The molecule has 1 N–H and O–H groups in total. The van der Waals surface area contributed by atoms with Gasteiger partial charge < -0.3 is 19.3 Å². The van der Waals surface area contributed by atoms with Crippen LogP contribution >= 0.6 is 0 Å². The van der Waals surface area contributed by atoms with E-state index in [1.165, 1.54) is 37.4 Å². The van der Waals surface area contributed by atoms with Crippen LogP contribution in [0.15, 0.2) is 77.7 Å². The first-order valence-electron chi connectivity index (χ1n) is 11.0. The van der Waals surface area contributed by atoms with Crippen molar-refractivity contribution in [3.8, 4) is 11.5 Å². The average Bonchev–Trinajstić information content (AvgIpc) is 2.88. The SMILES string of the molecule is COc1cccc(NS(=O)(=O)c2ccc(OCC(=O)N3CCN(c4ccccc4F)CC3)cc2)c1. The zero-order chi connectivity index (χ0) is 24.8. The fraction of sp³-hybridized carbons (Fsp3) is 0.240. The number of methoxy groups -OCH3 is 1. The molecule has 0 saturated carbocycles. The third-order valence-electron chi connectivity index (χ3n) is 5.64. The van der Waals surface area contributed by atoms with E-state index < -0.39 is 10.0 Å². The van der Waals surface area contributed by atoms with Crippen molar-refractivity contribution in [1.29, 1.82) is 0 Å². The lowest BCUT2D eigenvalue weighted by Crippen LogP contribution is -2.50. The van der Waals surface area contributed by atoms with Crippen LogP contribution in [0.5, 0.6) is 11.5 Å². The molecule has 1 aliphatic heterocycles. The number of ether oxygens (including phenoxy) is 2. The summed E-state index contributed by atoms with van der Waals surface area (Å²) in [4.78, 5) is 16.2. The second-order valence-electron chi connectivity index (χ2n) is 7.92. The Kier molecular flexibility index (Phi) is 7.40. The van der Waals surface area contributed by atoms with Crippen LogP contribution in [0.2, 0.25) is 0 Å². The van der Waals surface area contributed by atoms with E-state index in [1.54, 1.807) is 47.4 Å². The predicted molar refractivity (Wildman–Crippen MR) is 131 cm³/mol. The molecule has 10 heteroatoms. The highest BCUT2D eigenvalue weighted by Gasteiger charge is 2.23. The van der Waals surface area contributed by atoms with Crippen molar-refractivity contribution in [2.24, 2.45) is 0 Å². The van der Waals surface area contributed by atoms with Crippen LogP contribution in [0.4, 0.5) is 15.8 Å². The minimum Gasteiger partial charge on any atom is -0.497 e. The lowest BCUT2D eigenvalue weighted by Gasteiger charge is -2.36. The maximum Gasteiger partial charge on any atom is 0.261 e. The quantitative estimate of drug-likeness (QED) is 0.512. The van der Waals surface area contributed by atoms with Gasteiger partial charge >= 0.3 is 0 Å². The zero-order valence-electron chi connectivity index (χ0n) is 19.2. The molecule has 0 radical (unpaired) electrons. The number of amides is 1. The molecule has 0 aromatic heterocycles. The number of hydrogen-bond acceptors (Lipinski definition) is 6. The first-order chi connectivity index (χ1) is 16.9. The standard InChI is InChI=1S/C25H26FN3O5S/c1-33-21-6-4-5-19(17-21)27-35(31,32)22-11-9-20(10-12-22)34-18-25(30)29-15-13-28(14-16-29)24-8-3-2-7-23(24)26/h2-12,17,27H,13-16,18H2,1H3. The van der Waals surface area contributed by atoms with Crippen molar-refractivity contribution in [3.05, 3.63) is 78.6 Å². The molecule has 3 aromatic rings. The number of carbonyl (C=O) groups is 1. The fourth-order valence-corrected chi connectivity index (χ4v) is 4.81. The molecule has 0 bridgehead atoms. The number of nitrogens with zero attached hydrogens (tertiary/aromatic N) is 2. The highest BCUT2D eigenvalue weighted by Crippen LogP contribution is 2.23. The van der Waals surface area contributed by atoms with E-state index in [4.69, 9.17) is 9.47 Å². The molecular formula is C25H26FN3O5S. The Morgan fingerprint density at radius 2 is 1.66 bits per heavy atom. The van der Waals surface area contributed by atoms with Gasteiger partial charge in [-0.15, -0.1) is 0 Å². The molecule has 35 heavy (non-hydrogen) atoms. The maximum absolute atomic E-state index is 14.0. The second-order valence-corrected chi connectivity index (χ2v) is 9.60. The second kappa shape index (κ2) is 10.6. The highest BCUT2D eigenvalue weighted by molar-refractivity contribution is 7.92. The molecule has 1 saturated heterocycles. The lowest BCUT2D eigenvalue weighted by molar-refractivity contribution is -0.133. The number of halogens is 1. The number of nitrogens with one attached hydrogen (secondary N) is 1. The summed E-state index contributed by atoms with van der Waals surface area (Å²) in [5, 5.41) is 0. The Morgan fingerprint density at radius 3 is 2.34 bits per heavy atom. The Hall–Kier alpha value is -3.79. The number of carbonyl (C=O) groups excluding carboxylic acids is 1. The number of anilines is 2. The smallest absolute Gasteiger partial charge is 0.261 e. The summed E-state index contributed by atoms with van der Waals surface area (Å²) in [7, 11) is -2.30. The van der Waals surface area contributed by atoms with Crippen molar-refractivity contribution >= 4 is 27.3 Å². The monoisotopic (exact) mass is 499 g/mol. The Bertz CT molecular complexity index is 1280. The van der Waals surface area contributed by atoms with Gasteiger partial charge in [0.25, 0.3) is 15.9 Å². The van der Waals surface area contributed by atoms with Crippen LogP contribution in [-0.4, -0.2) is 59.1 Å². The molecule has 3 aromatic carbocycles. The predicted octanol–water partition coefficient (Wildman–Crippen LogP) is 3.36. The summed E-state index contributed by atoms with van der Waals surface area (Å²) in [6.45, 7) is 1.81. The molecule has 0 spiro atoms. The van der Waals surface area contributed by atoms with Crippen LogP contribution < -0.4 is 19.1 Å². The number of rotatable bonds is 8. The zero-order valence-corrected chi connectivity index (χ0v) is 20.0. The van der Waals surface area contributed by atoms with Gasteiger partial charge in [-0.05, 0) is 48.5 Å². The van der Waals surface area contributed by atoms with Crippen LogP contribution in [0.3, 0.4) is 0 Å². The fourth-order valence-electron chi connectivity index (χ4n) is 3.76. The molecule has 1 fully saturated rings. The minimum absolute atomic E-state index is 0.0586. The number of hydrogen-bond donors (Lipinski definition) is 1. The number of sulfonamides is 1. The molecule has 1 amide bonds. The molecule has 4 rings (SSSR count). The van der Waals surface area contributed by atoms with Gasteiger partial charge in [-0.2, -0.15) is 0 Å². The highest BCUT2D eigenvalue weighted by atomic mass is 32.2. The van der Waals surface area contributed by atoms with Crippen LogP contribution in [0, 0.1) is 5.82 Å². The summed E-state index contributed by atoms with van der Waals surface area (Å²) in [6, 6.07) is 19.0. The largest absolute Gasteiger partial charge is 0.497 e. The van der Waals surface area contributed by atoms with E-state index >= 15 is 0 Å². The third-order valence-corrected chi connectivity index (χ3v) is 7.04. The minimum atomic E-state index is -3.80. The molecule has 1 aliphatic rings. The summed E-state index contributed by atoms with van der Waals surface area (Å²) in [5.74, 6) is 0.449. The number of para-hydroxylation sites is 1. The van der Waals surface area contributed by atoms with E-state index in [-0.39, 0.29) is 23.2 Å². The Labute approximate surface area is 203 Å². The first kappa shape index (κ1) is 24.3. The van der Waals surface area contributed by atoms with Crippen molar-refractivity contribution in [3.63, 3.8) is 0 Å². The first-order valence-corrected chi connectivity index (χ1v) is 12.5. The maximum atomic E-state index is 14.0. The summed E-state index contributed by atoms with van der Waals surface area (Å²) < 4.78 is 52.5. The topological polar surface area (TPSA) is 88.2 Å². The summed E-state index contributed by atoms with van der Waals surface area (Å²) in [6.07, 6.45) is 0. The van der Waals surface area contributed by atoms with Gasteiger partial charge in [0, 0.05) is 32.2 Å². The van der Waals surface area contributed by atoms with E-state index in [2.05, 4.69) is 4.72 Å². The number of piperazine rings is 1. The molecule has 1 heterocycles. The van der Waals surface area contributed by atoms with Crippen LogP contribution in [0.25, 0.3) is 0 Å². The molecular weight excluding hydrogens is 473 g/mol. The summed E-state index contributed by atoms with van der Waals surface area (Å²) in [5.41, 5.74) is 0.914. The van der Waals surface area contributed by atoms with Crippen LogP contribution in [0.1, 0.15) is 0 Å².